The second-order valence-electron chi connectivity index (χ2n) is 31.8. The Morgan fingerprint density at radius 3 is 0.827 bits per heavy atom. The molecule has 6 heterocycles. The van der Waals surface area contributed by atoms with Gasteiger partial charge in [0, 0.05) is 87.4 Å². The minimum Gasteiger partial charge on any atom is -0.456 e. The molecular formula is C102H80B2N4O2. The number of fused-ring (bicyclic) bond motifs is 20. The van der Waals surface area contributed by atoms with Crippen LogP contribution in [0.3, 0.4) is 0 Å². The lowest BCUT2D eigenvalue weighted by molar-refractivity contribution is 0.668. The van der Waals surface area contributed by atoms with Crippen LogP contribution in [0.4, 0.5) is 0 Å². The number of furan rings is 2. The van der Waals surface area contributed by atoms with E-state index in [-0.39, 0.29) is 13.4 Å². The molecule has 0 radical (unpaired) electrons. The first-order valence-corrected chi connectivity index (χ1v) is 38.8. The molecule has 6 aromatic heterocycles. The van der Waals surface area contributed by atoms with Crippen LogP contribution in [-0.2, 0) is 0 Å². The van der Waals surface area contributed by atoms with Crippen LogP contribution < -0.4 is 32.8 Å². The predicted octanol–water partition coefficient (Wildman–Crippen LogP) is 22.6. The molecule has 0 aliphatic carbocycles. The normalized spacial score (nSPS) is 12.2. The van der Waals surface area contributed by atoms with Gasteiger partial charge in [0.2, 0.25) is 13.4 Å². The van der Waals surface area contributed by atoms with Gasteiger partial charge in [-0.2, -0.15) is 0 Å². The minimum atomic E-state index is -0.0188. The Morgan fingerprint density at radius 2 is 0.482 bits per heavy atom. The molecule has 110 heavy (non-hydrogen) atoms. The molecule has 0 aliphatic heterocycles. The third-order valence-corrected chi connectivity index (χ3v) is 24.5. The van der Waals surface area contributed by atoms with Gasteiger partial charge in [0.05, 0.1) is 44.1 Å². The number of hydrogen-bond donors (Lipinski definition) is 0. The Kier molecular flexibility index (Phi) is 14.5. The quantitative estimate of drug-likeness (QED) is 0.128. The van der Waals surface area contributed by atoms with Crippen LogP contribution in [0.15, 0.2) is 276 Å². The maximum atomic E-state index is 6.60. The zero-order chi connectivity index (χ0) is 74.5. The van der Waals surface area contributed by atoms with Gasteiger partial charge < -0.3 is 27.1 Å². The van der Waals surface area contributed by atoms with Crippen LogP contribution in [0.1, 0.15) is 66.8 Å². The molecule has 526 valence electrons. The number of para-hydroxylation sites is 4. The van der Waals surface area contributed by atoms with Crippen molar-refractivity contribution in [2.75, 3.05) is 0 Å². The van der Waals surface area contributed by atoms with Crippen LogP contribution in [0.5, 0.6) is 0 Å². The molecule has 0 fully saturated rings. The van der Waals surface area contributed by atoms with Crippen LogP contribution in [-0.4, -0.2) is 31.7 Å². The number of hydrogen-bond acceptors (Lipinski definition) is 2. The molecule has 0 bridgehead atoms. The molecule has 21 rings (SSSR count). The zero-order valence-corrected chi connectivity index (χ0v) is 64.2. The maximum absolute atomic E-state index is 6.60. The smallest absolute Gasteiger partial charge is 0.242 e. The summed E-state index contributed by atoms with van der Waals surface area (Å²) < 4.78 is 23.4. The van der Waals surface area contributed by atoms with Gasteiger partial charge in [-0.05, 0) is 174 Å². The summed E-state index contributed by atoms with van der Waals surface area (Å²) in [6, 6.07) is 101. The van der Waals surface area contributed by atoms with E-state index in [0.717, 1.165) is 111 Å². The predicted molar refractivity (Wildman–Crippen MR) is 470 cm³/mol. The van der Waals surface area contributed by atoms with Gasteiger partial charge in [0.25, 0.3) is 0 Å². The molecule has 21 aromatic rings. The largest absolute Gasteiger partial charge is 0.456 e. The third-order valence-electron chi connectivity index (χ3n) is 24.5. The highest BCUT2D eigenvalue weighted by Gasteiger charge is 2.34. The van der Waals surface area contributed by atoms with Crippen LogP contribution in [0, 0.1) is 83.1 Å². The summed E-state index contributed by atoms with van der Waals surface area (Å²) in [6.45, 7) is 27.3. The fraction of sp³-hybridized carbons (Fsp3) is 0.118. The van der Waals surface area contributed by atoms with Crippen molar-refractivity contribution in [3.63, 3.8) is 0 Å². The van der Waals surface area contributed by atoms with E-state index in [9.17, 15) is 0 Å². The molecule has 0 atom stereocenters. The topological polar surface area (TPSA) is 46.0 Å². The highest BCUT2D eigenvalue weighted by atomic mass is 16.3. The molecule has 8 heteroatoms. The summed E-state index contributed by atoms with van der Waals surface area (Å²) in [5.74, 6) is 0. The Morgan fingerprint density at radius 1 is 0.200 bits per heavy atom. The molecule has 0 amide bonds. The first kappa shape index (κ1) is 65.5. The molecule has 0 saturated heterocycles. The van der Waals surface area contributed by atoms with E-state index >= 15 is 0 Å². The average molecular weight is 1420 g/mol. The monoisotopic (exact) mass is 1410 g/mol. The Labute approximate surface area is 639 Å². The van der Waals surface area contributed by atoms with Crippen molar-refractivity contribution in [3.05, 3.63) is 334 Å². The Bertz CT molecular complexity index is 6940. The zero-order valence-electron chi connectivity index (χ0n) is 64.2. The van der Waals surface area contributed by atoms with Crippen molar-refractivity contribution in [2.24, 2.45) is 0 Å². The summed E-state index contributed by atoms with van der Waals surface area (Å²) >= 11 is 0. The van der Waals surface area contributed by atoms with Gasteiger partial charge >= 0.3 is 0 Å². The van der Waals surface area contributed by atoms with Crippen LogP contribution >= 0.6 is 0 Å². The SMILES string of the molecule is Cc1cc(C)c(B(c2ccc3c(c2)c2ccc4c5ccccc5n(-c5cccc(-n6c7ccccc7c7ccc8c9cc(B(c%10c(C)cc(C)cc%10C)c%10c(C)cc(C)cc%10C)ccc9n(-c9ccc%10oc%11ccccc%11c%10c9)c8c76)c5)c4c2n3-c2ccc3oc4ccccc4c3c2)c2c(C)cc(C)cc2C)c(C)c1. The molecule has 15 aromatic carbocycles. The summed E-state index contributed by atoms with van der Waals surface area (Å²) in [6.07, 6.45) is 0. The second-order valence-corrected chi connectivity index (χ2v) is 31.8. The summed E-state index contributed by atoms with van der Waals surface area (Å²) in [7, 11) is 0. The first-order valence-electron chi connectivity index (χ1n) is 38.8. The molecule has 0 spiro atoms. The average Bonchev–Trinajstić information content (AvgIpc) is 1.54. The van der Waals surface area contributed by atoms with Gasteiger partial charge in [0.1, 0.15) is 22.3 Å². The molecule has 0 aliphatic rings. The van der Waals surface area contributed by atoms with E-state index in [1.807, 2.05) is 0 Å². The number of benzene rings is 15. The van der Waals surface area contributed by atoms with Crippen molar-refractivity contribution in [1.82, 2.24) is 18.3 Å². The third kappa shape index (κ3) is 9.70. The lowest BCUT2D eigenvalue weighted by Gasteiger charge is -2.25. The highest BCUT2D eigenvalue weighted by Crippen LogP contribution is 2.46. The minimum absolute atomic E-state index is 0.0188. The molecule has 6 nitrogen and oxygen atoms in total. The second kappa shape index (κ2) is 24.4. The van der Waals surface area contributed by atoms with Crippen LogP contribution in [0.2, 0.25) is 0 Å². The highest BCUT2D eigenvalue weighted by molar-refractivity contribution is 6.97. The fourth-order valence-electron chi connectivity index (χ4n) is 20.6. The van der Waals surface area contributed by atoms with E-state index in [1.54, 1.807) is 0 Å². The van der Waals surface area contributed by atoms with Crippen molar-refractivity contribution in [1.29, 1.82) is 0 Å². The van der Waals surface area contributed by atoms with E-state index in [2.05, 4.69) is 368 Å². The number of nitrogens with zero attached hydrogens (tertiary/aromatic N) is 4. The summed E-state index contributed by atoms with van der Waals surface area (Å²) in [4.78, 5) is 0. The van der Waals surface area contributed by atoms with E-state index in [1.165, 1.54) is 143 Å². The lowest BCUT2D eigenvalue weighted by Crippen LogP contribution is -2.55. The van der Waals surface area contributed by atoms with E-state index in [0.29, 0.717) is 0 Å². The first-order chi connectivity index (χ1) is 53.5. The van der Waals surface area contributed by atoms with E-state index in [4.69, 9.17) is 8.83 Å². The molecule has 0 unspecified atom stereocenters. The maximum Gasteiger partial charge on any atom is 0.242 e. The molecular weight excluding hydrogens is 1330 g/mol. The van der Waals surface area contributed by atoms with Gasteiger partial charge in [-0.3, -0.25) is 0 Å². The Hall–Kier alpha value is -12.8. The fourth-order valence-corrected chi connectivity index (χ4v) is 20.6. The van der Waals surface area contributed by atoms with E-state index < -0.39 is 0 Å². The standard InChI is InChI=1S/C102H80B2N4O2/c1-57-44-61(5)95(62(6)45-57)103(96-63(7)46-58(2)47-64(96)8)69-32-40-89-83(52-69)81-38-36-79-75-24-13-17-28-87(75)105(99(79)101(81)107(89)73-34-42-93-85(55-73)77-26-15-19-30-91(77)109-93)71-22-21-23-72(54-71)106-88-29-18-14-25-76(88)80-37-39-82-84-53-70(104(97-65(9)48-59(3)49-66(97)10)98-67(11)50-60(4)51-68(98)12)33-41-90(84)108(102(82)100(80)106)74-35-43-94-86(56-74)78-27-16-20-31-92(78)110-94/h13-56H,1-12H3. The Balaban J connectivity index is 0.847. The van der Waals surface area contributed by atoms with Crippen LogP contribution in [0.25, 0.3) is 154 Å². The van der Waals surface area contributed by atoms with Crippen molar-refractivity contribution >= 4 is 177 Å². The van der Waals surface area contributed by atoms with Gasteiger partial charge in [-0.25, -0.2) is 0 Å². The number of rotatable bonds is 10. The lowest BCUT2D eigenvalue weighted by atomic mass is 9.34. The van der Waals surface area contributed by atoms with Gasteiger partial charge in [-0.1, -0.05) is 275 Å². The summed E-state index contributed by atoms with van der Waals surface area (Å²) in [5.41, 5.74) is 40.4. The van der Waals surface area contributed by atoms with Gasteiger partial charge in [-0.15, -0.1) is 0 Å². The number of aromatic nitrogens is 4. The van der Waals surface area contributed by atoms with Gasteiger partial charge in [0.15, 0.2) is 0 Å². The summed E-state index contributed by atoms with van der Waals surface area (Å²) in [5, 5.41) is 13.9. The van der Waals surface area contributed by atoms with Crippen molar-refractivity contribution < 1.29 is 8.83 Å². The molecule has 0 N–H and O–H groups in total. The van der Waals surface area contributed by atoms with Crippen molar-refractivity contribution in [3.8, 4) is 22.7 Å². The number of aryl methyl sites for hydroxylation is 12. The van der Waals surface area contributed by atoms with Crippen molar-refractivity contribution in [2.45, 2.75) is 83.1 Å². The molecule has 0 saturated carbocycles.